The molecule has 0 saturated carbocycles. The third-order valence-corrected chi connectivity index (χ3v) is 3.38. The van der Waals surface area contributed by atoms with Crippen LogP contribution in [0.4, 0.5) is 0 Å². The number of rotatable bonds is 4. The molecule has 3 rings (SSSR count). The quantitative estimate of drug-likeness (QED) is 0.755. The second-order valence-corrected chi connectivity index (χ2v) is 5.38. The largest absolute Gasteiger partial charge is 0.458 e. The molecular formula is C15H16N4O3. The summed E-state index contributed by atoms with van der Waals surface area (Å²) in [7, 11) is 1.67. The highest BCUT2D eigenvalue weighted by Gasteiger charge is 2.28. The molecule has 22 heavy (non-hydrogen) atoms. The van der Waals surface area contributed by atoms with Crippen molar-refractivity contribution < 1.29 is 14.3 Å². The van der Waals surface area contributed by atoms with Crippen molar-refractivity contribution in [3.63, 3.8) is 0 Å². The molecule has 1 amide bonds. The standard InChI is InChI=1S/C15H16N4O3/c1-15(21,9-16-14(20)11-8-19(2)18-17-11)13-7-10-5-3-4-6-12(10)22-13/h3-8,21H,9H2,1-2H3,(H,16,20). The van der Waals surface area contributed by atoms with Crippen molar-refractivity contribution in [3.05, 3.63) is 48.0 Å². The van der Waals surface area contributed by atoms with Gasteiger partial charge in [-0.25, -0.2) is 0 Å². The zero-order valence-corrected chi connectivity index (χ0v) is 12.3. The van der Waals surface area contributed by atoms with Crippen LogP contribution in [0.3, 0.4) is 0 Å². The van der Waals surface area contributed by atoms with Gasteiger partial charge in [-0.2, -0.15) is 0 Å². The van der Waals surface area contributed by atoms with Crippen molar-refractivity contribution >= 4 is 16.9 Å². The Bertz CT molecular complexity index is 786. The molecule has 0 radical (unpaired) electrons. The lowest BCUT2D eigenvalue weighted by atomic mass is 10.0. The number of aryl methyl sites for hydroxylation is 1. The molecule has 0 aliphatic heterocycles. The Balaban J connectivity index is 1.74. The smallest absolute Gasteiger partial charge is 0.273 e. The third kappa shape index (κ3) is 2.71. The molecule has 7 heteroatoms. The fourth-order valence-electron chi connectivity index (χ4n) is 2.13. The van der Waals surface area contributed by atoms with Gasteiger partial charge < -0.3 is 14.8 Å². The second kappa shape index (κ2) is 5.27. The molecule has 1 aromatic carbocycles. The average Bonchev–Trinajstić information content (AvgIpc) is 3.11. The van der Waals surface area contributed by atoms with Crippen molar-refractivity contribution in [2.75, 3.05) is 6.54 Å². The van der Waals surface area contributed by atoms with Crippen molar-refractivity contribution in [3.8, 4) is 0 Å². The highest BCUT2D eigenvalue weighted by molar-refractivity contribution is 5.91. The van der Waals surface area contributed by atoms with Gasteiger partial charge >= 0.3 is 0 Å². The monoisotopic (exact) mass is 300 g/mol. The number of aromatic nitrogens is 3. The number of carbonyl (C=O) groups excluding carboxylic acids is 1. The zero-order valence-electron chi connectivity index (χ0n) is 12.3. The van der Waals surface area contributed by atoms with E-state index in [1.54, 1.807) is 20.0 Å². The molecule has 0 spiro atoms. The number of hydrogen-bond donors (Lipinski definition) is 2. The molecule has 2 N–H and O–H groups in total. The van der Waals surface area contributed by atoms with Crippen LogP contribution in [0.2, 0.25) is 0 Å². The van der Waals surface area contributed by atoms with Crippen LogP contribution in [0, 0.1) is 0 Å². The summed E-state index contributed by atoms with van der Waals surface area (Å²) in [6, 6.07) is 9.25. The van der Waals surface area contributed by atoms with E-state index in [9.17, 15) is 9.90 Å². The number of amides is 1. The van der Waals surface area contributed by atoms with Crippen molar-refractivity contribution in [2.45, 2.75) is 12.5 Å². The minimum absolute atomic E-state index is 0.00221. The molecule has 0 aliphatic rings. The number of aliphatic hydroxyl groups is 1. The Morgan fingerprint density at radius 1 is 1.45 bits per heavy atom. The minimum atomic E-state index is -1.32. The summed E-state index contributed by atoms with van der Waals surface area (Å²) in [5.41, 5.74) is -0.433. The summed E-state index contributed by atoms with van der Waals surface area (Å²) in [6.07, 6.45) is 1.51. The molecule has 2 aromatic heterocycles. The van der Waals surface area contributed by atoms with Crippen LogP contribution >= 0.6 is 0 Å². The molecule has 2 heterocycles. The molecule has 0 aliphatic carbocycles. The summed E-state index contributed by atoms with van der Waals surface area (Å²) in [5, 5.41) is 21.5. The van der Waals surface area contributed by atoms with Crippen molar-refractivity contribution in [1.29, 1.82) is 0 Å². The highest BCUT2D eigenvalue weighted by Crippen LogP contribution is 2.27. The zero-order chi connectivity index (χ0) is 15.7. The van der Waals surface area contributed by atoms with E-state index in [1.165, 1.54) is 10.9 Å². The molecule has 0 fully saturated rings. The Morgan fingerprint density at radius 2 is 2.23 bits per heavy atom. The molecule has 114 valence electrons. The van der Waals surface area contributed by atoms with Gasteiger partial charge in [-0.1, -0.05) is 23.4 Å². The predicted molar refractivity (Wildman–Crippen MR) is 79.1 cm³/mol. The fourth-order valence-corrected chi connectivity index (χ4v) is 2.13. The Hall–Kier alpha value is -2.67. The van der Waals surface area contributed by atoms with E-state index in [0.717, 1.165) is 5.39 Å². The third-order valence-electron chi connectivity index (χ3n) is 3.38. The number of nitrogens with zero attached hydrogens (tertiary/aromatic N) is 3. The van der Waals surface area contributed by atoms with Gasteiger partial charge in [0.25, 0.3) is 5.91 Å². The van der Waals surface area contributed by atoms with E-state index in [4.69, 9.17) is 4.42 Å². The first-order chi connectivity index (χ1) is 10.5. The van der Waals surface area contributed by atoms with Crippen LogP contribution in [0.25, 0.3) is 11.0 Å². The predicted octanol–water partition coefficient (Wildman–Crippen LogP) is 1.20. The maximum Gasteiger partial charge on any atom is 0.273 e. The molecule has 0 saturated heterocycles. The topological polar surface area (TPSA) is 93.2 Å². The lowest BCUT2D eigenvalue weighted by Crippen LogP contribution is -2.38. The number of benzene rings is 1. The summed E-state index contributed by atoms with van der Waals surface area (Å²) in [4.78, 5) is 11.9. The summed E-state index contributed by atoms with van der Waals surface area (Å²) in [6.45, 7) is 1.59. The maximum atomic E-state index is 11.9. The molecule has 3 aromatic rings. The van der Waals surface area contributed by atoms with Crippen LogP contribution in [-0.2, 0) is 12.6 Å². The number of furan rings is 1. The Morgan fingerprint density at radius 3 is 2.91 bits per heavy atom. The van der Waals surface area contributed by atoms with E-state index in [2.05, 4.69) is 15.6 Å². The first kappa shape index (κ1) is 14.3. The molecule has 7 nitrogen and oxygen atoms in total. The lowest BCUT2D eigenvalue weighted by molar-refractivity contribution is 0.0343. The highest BCUT2D eigenvalue weighted by atomic mass is 16.4. The summed E-state index contributed by atoms with van der Waals surface area (Å²) < 4.78 is 7.08. The van der Waals surface area contributed by atoms with Crippen LogP contribution in [0.5, 0.6) is 0 Å². The van der Waals surface area contributed by atoms with Crippen LogP contribution < -0.4 is 5.32 Å². The molecule has 1 atom stereocenters. The van der Waals surface area contributed by atoms with Gasteiger partial charge in [-0.05, 0) is 19.1 Å². The van der Waals surface area contributed by atoms with Gasteiger partial charge in [0.1, 0.15) is 16.9 Å². The SMILES string of the molecule is Cn1cc(C(=O)NCC(C)(O)c2cc3ccccc3o2)nn1. The fraction of sp³-hybridized carbons (Fsp3) is 0.267. The number of carbonyl (C=O) groups is 1. The summed E-state index contributed by atoms with van der Waals surface area (Å²) in [5.74, 6) is -0.00219. The number of nitrogens with one attached hydrogen (secondary N) is 1. The number of para-hydroxylation sites is 1. The van der Waals surface area contributed by atoms with Gasteiger partial charge in [-0.15, -0.1) is 5.10 Å². The van der Waals surface area contributed by atoms with Crippen LogP contribution in [0.1, 0.15) is 23.2 Å². The van der Waals surface area contributed by atoms with Gasteiger partial charge in [-0.3, -0.25) is 9.48 Å². The van der Waals surface area contributed by atoms with E-state index >= 15 is 0 Å². The molecule has 0 bridgehead atoms. The van der Waals surface area contributed by atoms with E-state index in [1.807, 2.05) is 24.3 Å². The van der Waals surface area contributed by atoms with Crippen LogP contribution in [-0.4, -0.2) is 32.6 Å². The normalized spacial score (nSPS) is 14.0. The first-order valence-corrected chi connectivity index (χ1v) is 6.82. The summed E-state index contributed by atoms with van der Waals surface area (Å²) >= 11 is 0. The van der Waals surface area contributed by atoms with E-state index in [-0.39, 0.29) is 12.2 Å². The van der Waals surface area contributed by atoms with E-state index in [0.29, 0.717) is 11.3 Å². The average molecular weight is 300 g/mol. The molecule has 1 unspecified atom stereocenters. The second-order valence-electron chi connectivity index (χ2n) is 5.38. The van der Waals surface area contributed by atoms with Crippen LogP contribution in [0.15, 0.2) is 40.9 Å². The van der Waals surface area contributed by atoms with Gasteiger partial charge in [0.15, 0.2) is 5.69 Å². The number of hydrogen-bond acceptors (Lipinski definition) is 5. The van der Waals surface area contributed by atoms with Crippen molar-refractivity contribution in [1.82, 2.24) is 20.3 Å². The lowest BCUT2D eigenvalue weighted by Gasteiger charge is -2.20. The molecular weight excluding hydrogens is 284 g/mol. The number of fused-ring (bicyclic) bond motifs is 1. The Kier molecular flexibility index (Phi) is 3.42. The van der Waals surface area contributed by atoms with E-state index < -0.39 is 11.5 Å². The van der Waals surface area contributed by atoms with Gasteiger partial charge in [0.2, 0.25) is 0 Å². The Labute approximate surface area is 126 Å². The minimum Gasteiger partial charge on any atom is -0.458 e. The van der Waals surface area contributed by atoms with Gasteiger partial charge in [0.05, 0.1) is 12.7 Å². The van der Waals surface area contributed by atoms with Gasteiger partial charge in [0, 0.05) is 12.4 Å². The first-order valence-electron chi connectivity index (χ1n) is 6.82. The maximum absolute atomic E-state index is 11.9. The van der Waals surface area contributed by atoms with Crippen molar-refractivity contribution in [2.24, 2.45) is 7.05 Å².